The van der Waals surface area contributed by atoms with Gasteiger partial charge < -0.3 is 15.7 Å². The smallest absolute Gasteiger partial charge is 0.307 e. The van der Waals surface area contributed by atoms with E-state index in [0.717, 1.165) is 0 Å². The van der Waals surface area contributed by atoms with E-state index < -0.39 is 17.8 Å². The summed E-state index contributed by atoms with van der Waals surface area (Å²) in [6, 6.07) is 0. The highest BCUT2D eigenvalue weighted by atomic mass is 16.4. The first-order valence-electron chi connectivity index (χ1n) is 6.35. The fraction of sp³-hybridized carbons (Fsp3) is 0.615. The molecular weight excluding hydrogens is 248 g/mol. The Morgan fingerprint density at radius 1 is 1.05 bits per heavy atom. The maximum Gasteiger partial charge on any atom is 0.307 e. The highest BCUT2D eigenvalue weighted by Gasteiger charge is 2.53. The molecule has 19 heavy (non-hydrogen) atoms. The molecule has 2 bridgehead atoms. The van der Waals surface area contributed by atoms with Crippen LogP contribution in [0.5, 0.6) is 0 Å². The second-order valence-electron chi connectivity index (χ2n) is 5.09. The van der Waals surface area contributed by atoms with E-state index in [0.29, 0.717) is 6.42 Å². The molecule has 3 rings (SSSR count). The van der Waals surface area contributed by atoms with Crippen LogP contribution in [0.25, 0.3) is 0 Å². The molecule has 3 aliphatic carbocycles. The molecule has 0 radical (unpaired) electrons. The third-order valence-corrected chi connectivity index (χ3v) is 4.25. The van der Waals surface area contributed by atoms with Gasteiger partial charge in [0, 0.05) is 25.9 Å². The van der Waals surface area contributed by atoms with Crippen molar-refractivity contribution >= 4 is 17.8 Å². The number of carbonyl (C=O) groups is 3. The molecule has 0 heterocycles. The molecule has 104 valence electrons. The van der Waals surface area contributed by atoms with Gasteiger partial charge in [-0.15, -0.1) is 0 Å². The molecule has 2 amide bonds. The van der Waals surface area contributed by atoms with Crippen LogP contribution < -0.4 is 10.6 Å². The van der Waals surface area contributed by atoms with E-state index in [4.69, 9.17) is 0 Å². The molecule has 0 aliphatic heterocycles. The zero-order valence-electron chi connectivity index (χ0n) is 10.9. The lowest BCUT2D eigenvalue weighted by Crippen LogP contribution is -2.54. The van der Waals surface area contributed by atoms with Crippen LogP contribution in [0.2, 0.25) is 0 Å². The summed E-state index contributed by atoms with van der Waals surface area (Å²) in [4.78, 5) is 35.3. The minimum Gasteiger partial charge on any atom is -0.481 e. The third-order valence-electron chi connectivity index (χ3n) is 4.25. The lowest BCUT2D eigenvalue weighted by Gasteiger charge is -2.45. The molecule has 0 spiro atoms. The van der Waals surface area contributed by atoms with E-state index in [2.05, 4.69) is 10.6 Å². The van der Waals surface area contributed by atoms with Gasteiger partial charge in [0.2, 0.25) is 11.8 Å². The summed E-state index contributed by atoms with van der Waals surface area (Å²) in [5.74, 6) is -3.74. The number of nitrogens with one attached hydrogen (secondary N) is 2. The van der Waals surface area contributed by atoms with Crippen molar-refractivity contribution in [1.82, 2.24) is 10.6 Å². The number of aliphatic carboxylic acids is 1. The van der Waals surface area contributed by atoms with Crippen LogP contribution in [0.1, 0.15) is 6.42 Å². The predicted octanol–water partition coefficient (Wildman–Crippen LogP) is -0.382. The first kappa shape index (κ1) is 13.6. The lowest BCUT2D eigenvalue weighted by molar-refractivity contribution is -0.156. The van der Waals surface area contributed by atoms with E-state index in [1.807, 2.05) is 12.2 Å². The first-order valence-corrected chi connectivity index (χ1v) is 6.35. The number of carbonyl (C=O) groups excluding carboxylic acids is 2. The van der Waals surface area contributed by atoms with Crippen LogP contribution in [0.15, 0.2) is 12.2 Å². The number of hydrogen-bond donors (Lipinski definition) is 3. The van der Waals surface area contributed by atoms with Crippen LogP contribution >= 0.6 is 0 Å². The average molecular weight is 266 g/mol. The van der Waals surface area contributed by atoms with Crippen molar-refractivity contribution in [2.24, 2.45) is 29.6 Å². The van der Waals surface area contributed by atoms with Crippen molar-refractivity contribution in [3.63, 3.8) is 0 Å². The van der Waals surface area contributed by atoms with E-state index in [-0.39, 0.29) is 29.6 Å². The minimum atomic E-state index is -0.969. The van der Waals surface area contributed by atoms with Crippen molar-refractivity contribution < 1.29 is 19.5 Å². The molecule has 1 fully saturated rings. The number of carboxylic acid groups (broad SMARTS) is 1. The summed E-state index contributed by atoms with van der Waals surface area (Å²) in [7, 11) is 3.04. The molecular formula is C13H18N2O4. The number of rotatable bonds is 3. The summed E-state index contributed by atoms with van der Waals surface area (Å²) < 4.78 is 0. The Labute approximate surface area is 111 Å². The quantitative estimate of drug-likeness (QED) is 0.607. The predicted molar refractivity (Wildman–Crippen MR) is 67.0 cm³/mol. The Morgan fingerprint density at radius 3 is 2.21 bits per heavy atom. The van der Waals surface area contributed by atoms with Gasteiger partial charge in [0.1, 0.15) is 0 Å². The first-order chi connectivity index (χ1) is 9.01. The Kier molecular flexibility index (Phi) is 3.59. The minimum absolute atomic E-state index is 0.128. The third kappa shape index (κ3) is 2.11. The highest BCUT2D eigenvalue weighted by Crippen LogP contribution is 2.48. The van der Waals surface area contributed by atoms with Gasteiger partial charge in [-0.25, -0.2) is 0 Å². The molecule has 0 aromatic rings. The van der Waals surface area contributed by atoms with E-state index in [1.165, 1.54) is 7.05 Å². The van der Waals surface area contributed by atoms with Gasteiger partial charge >= 0.3 is 5.97 Å². The molecule has 6 heteroatoms. The zero-order chi connectivity index (χ0) is 14.2. The molecule has 6 nitrogen and oxygen atoms in total. The van der Waals surface area contributed by atoms with Crippen molar-refractivity contribution in [3.05, 3.63) is 12.2 Å². The van der Waals surface area contributed by atoms with Gasteiger partial charge in [0.15, 0.2) is 0 Å². The highest BCUT2D eigenvalue weighted by molar-refractivity contribution is 5.88. The molecule has 5 atom stereocenters. The average Bonchev–Trinajstić information content (AvgIpc) is 2.44. The maximum absolute atomic E-state index is 12.0. The molecule has 0 saturated heterocycles. The molecule has 3 N–H and O–H groups in total. The van der Waals surface area contributed by atoms with Gasteiger partial charge in [0.05, 0.1) is 11.8 Å². The van der Waals surface area contributed by atoms with Crippen molar-refractivity contribution in [1.29, 1.82) is 0 Å². The summed E-state index contributed by atoms with van der Waals surface area (Å²) in [5, 5.41) is 14.4. The number of fused-ring (bicyclic) bond motifs is 2. The molecule has 5 unspecified atom stereocenters. The van der Waals surface area contributed by atoms with Crippen LogP contribution in [-0.4, -0.2) is 37.0 Å². The number of hydrogen-bond acceptors (Lipinski definition) is 3. The topological polar surface area (TPSA) is 95.5 Å². The fourth-order valence-electron chi connectivity index (χ4n) is 3.38. The van der Waals surface area contributed by atoms with Crippen LogP contribution in [0.4, 0.5) is 0 Å². The number of amides is 2. The van der Waals surface area contributed by atoms with Crippen LogP contribution in [-0.2, 0) is 14.4 Å². The summed E-state index contributed by atoms with van der Waals surface area (Å²) in [6.07, 6.45) is 4.15. The standard InChI is InChI=1S/C13H18N2O4/c1-14-11(16)8-5-6-3-4-7(8)10(12(17)15-2)9(6)13(18)19/h3-4,6-10H,5H2,1-2H3,(H,14,16)(H,15,17)(H,18,19). The second-order valence-corrected chi connectivity index (χ2v) is 5.09. The van der Waals surface area contributed by atoms with Crippen molar-refractivity contribution in [3.8, 4) is 0 Å². The van der Waals surface area contributed by atoms with Gasteiger partial charge in [-0.05, 0) is 12.3 Å². The van der Waals surface area contributed by atoms with Gasteiger partial charge in [-0.1, -0.05) is 12.2 Å². The molecule has 0 aromatic heterocycles. The Bertz CT molecular complexity index is 446. The summed E-state index contributed by atoms with van der Waals surface area (Å²) >= 11 is 0. The van der Waals surface area contributed by atoms with Gasteiger partial charge in [0.25, 0.3) is 0 Å². The van der Waals surface area contributed by atoms with E-state index in [1.54, 1.807) is 7.05 Å². The maximum atomic E-state index is 12.0. The van der Waals surface area contributed by atoms with E-state index >= 15 is 0 Å². The zero-order valence-corrected chi connectivity index (χ0v) is 10.9. The Morgan fingerprint density at radius 2 is 1.68 bits per heavy atom. The van der Waals surface area contributed by atoms with Gasteiger partial charge in [-0.2, -0.15) is 0 Å². The second kappa shape index (κ2) is 5.03. The van der Waals surface area contributed by atoms with Crippen LogP contribution in [0.3, 0.4) is 0 Å². The van der Waals surface area contributed by atoms with Crippen molar-refractivity contribution in [2.45, 2.75) is 6.42 Å². The summed E-state index contributed by atoms with van der Waals surface area (Å²) in [5.41, 5.74) is 0. The molecule has 0 aromatic carbocycles. The largest absolute Gasteiger partial charge is 0.481 e. The SMILES string of the molecule is CNC(=O)C1CC2C=CC1C(C(=O)NC)C2C(=O)O. The monoisotopic (exact) mass is 266 g/mol. The Balaban J connectivity index is 2.36. The fourth-order valence-corrected chi connectivity index (χ4v) is 3.38. The molecule has 3 aliphatic rings. The van der Waals surface area contributed by atoms with Gasteiger partial charge in [-0.3, -0.25) is 14.4 Å². The summed E-state index contributed by atoms with van der Waals surface area (Å²) in [6.45, 7) is 0. The molecule has 1 saturated carbocycles. The van der Waals surface area contributed by atoms with E-state index in [9.17, 15) is 19.5 Å². The lowest BCUT2D eigenvalue weighted by atomic mass is 9.57. The number of allylic oxidation sites excluding steroid dienone is 2. The van der Waals surface area contributed by atoms with Crippen LogP contribution in [0, 0.1) is 29.6 Å². The van der Waals surface area contributed by atoms with Crippen molar-refractivity contribution in [2.75, 3.05) is 14.1 Å². The normalized spacial score (nSPS) is 35.8. The number of carboxylic acids is 1. The Hall–Kier alpha value is -1.85.